The molecule has 0 aliphatic carbocycles. The molecule has 1 amide bonds. The second-order valence-electron chi connectivity index (χ2n) is 8.05. The quantitative estimate of drug-likeness (QED) is 0.302. The van der Waals surface area contributed by atoms with E-state index < -0.39 is 6.04 Å². The lowest BCUT2D eigenvalue weighted by Gasteiger charge is -2.31. The number of amides is 1. The summed E-state index contributed by atoms with van der Waals surface area (Å²) < 4.78 is 7.18. The Morgan fingerprint density at radius 2 is 1.69 bits per heavy atom. The van der Waals surface area contributed by atoms with E-state index in [1.807, 2.05) is 63.2 Å². The summed E-state index contributed by atoms with van der Waals surface area (Å²) in [6, 6.07) is 21.2. The third kappa shape index (κ3) is 4.80. The van der Waals surface area contributed by atoms with Gasteiger partial charge in [-0.05, 0) is 68.8 Å². The SMILES string of the molecule is CCOc1ccc(-n2c(C(CC)N(CC)C(=O)c3ccccc3Cl)nc3ccccc3c2=O)cc1. The van der Waals surface area contributed by atoms with Crippen LogP contribution in [0.3, 0.4) is 0 Å². The second-order valence-corrected chi connectivity index (χ2v) is 8.46. The number of para-hydroxylation sites is 1. The first kappa shape index (κ1) is 24.5. The second kappa shape index (κ2) is 10.7. The molecule has 1 atom stereocenters. The average molecular weight is 490 g/mol. The molecule has 0 saturated carbocycles. The van der Waals surface area contributed by atoms with Crippen LogP contribution in [0.15, 0.2) is 77.6 Å². The van der Waals surface area contributed by atoms with E-state index in [9.17, 15) is 9.59 Å². The van der Waals surface area contributed by atoms with Crippen LogP contribution < -0.4 is 10.3 Å². The molecule has 0 radical (unpaired) electrons. The van der Waals surface area contributed by atoms with Gasteiger partial charge in [0.25, 0.3) is 11.5 Å². The number of nitrogens with zero attached hydrogens (tertiary/aromatic N) is 3. The van der Waals surface area contributed by atoms with Crippen molar-refractivity contribution in [1.29, 1.82) is 0 Å². The molecule has 0 spiro atoms. The minimum Gasteiger partial charge on any atom is -0.494 e. The van der Waals surface area contributed by atoms with Crippen molar-refractivity contribution in [2.24, 2.45) is 0 Å². The van der Waals surface area contributed by atoms with Crippen LogP contribution in [0.2, 0.25) is 5.02 Å². The number of halogens is 1. The molecule has 7 heteroatoms. The normalized spacial score (nSPS) is 11.9. The Hall–Kier alpha value is -3.64. The largest absolute Gasteiger partial charge is 0.494 e. The van der Waals surface area contributed by atoms with Crippen molar-refractivity contribution in [3.8, 4) is 11.4 Å². The summed E-state index contributed by atoms with van der Waals surface area (Å²) in [5, 5.41) is 0.904. The number of fused-ring (bicyclic) bond motifs is 1. The maximum atomic E-state index is 13.8. The Morgan fingerprint density at radius 3 is 2.34 bits per heavy atom. The number of rotatable bonds is 8. The lowest BCUT2D eigenvalue weighted by atomic mass is 10.1. The molecular weight excluding hydrogens is 462 g/mol. The highest BCUT2D eigenvalue weighted by molar-refractivity contribution is 6.33. The predicted octanol–water partition coefficient (Wildman–Crippen LogP) is 6.05. The molecule has 6 nitrogen and oxygen atoms in total. The molecule has 0 saturated heterocycles. The maximum Gasteiger partial charge on any atom is 0.266 e. The van der Waals surface area contributed by atoms with Crippen molar-refractivity contribution in [3.05, 3.63) is 99.6 Å². The minimum absolute atomic E-state index is 0.186. The summed E-state index contributed by atoms with van der Waals surface area (Å²) in [4.78, 5) is 34.0. The highest BCUT2D eigenvalue weighted by Crippen LogP contribution is 2.29. The number of hydrogen-bond donors (Lipinski definition) is 0. The molecule has 0 fully saturated rings. The highest BCUT2D eigenvalue weighted by atomic mass is 35.5. The molecule has 35 heavy (non-hydrogen) atoms. The van der Waals surface area contributed by atoms with E-state index in [1.54, 1.807) is 39.8 Å². The Kier molecular flexibility index (Phi) is 7.51. The standard InChI is InChI=1S/C28H28ClN3O3/c1-4-25(31(5-2)27(33)21-11-7-9-13-23(21)29)26-30-24-14-10-8-12-22(24)28(34)32(26)19-15-17-20(18-16-19)35-6-3/h7-18,25H,4-6H2,1-3H3. The minimum atomic E-state index is -0.451. The van der Waals surface area contributed by atoms with Gasteiger partial charge in [-0.25, -0.2) is 4.98 Å². The highest BCUT2D eigenvalue weighted by Gasteiger charge is 2.29. The fourth-order valence-electron chi connectivity index (χ4n) is 4.32. The first-order valence-corrected chi connectivity index (χ1v) is 12.2. The van der Waals surface area contributed by atoms with E-state index in [2.05, 4.69) is 0 Å². The fourth-order valence-corrected chi connectivity index (χ4v) is 4.53. The summed E-state index contributed by atoms with van der Waals surface area (Å²) in [7, 11) is 0. The molecule has 3 aromatic carbocycles. The molecule has 1 aromatic heterocycles. The molecule has 180 valence electrons. The average Bonchev–Trinajstić information content (AvgIpc) is 2.88. The molecule has 4 aromatic rings. The van der Waals surface area contributed by atoms with Crippen LogP contribution in [-0.4, -0.2) is 33.5 Å². The van der Waals surface area contributed by atoms with Gasteiger partial charge < -0.3 is 9.64 Å². The summed E-state index contributed by atoms with van der Waals surface area (Å²) >= 11 is 6.35. The lowest BCUT2D eigenvalue weighted by Crippen LogP contribution is -2.38. The van der Waals surface area contributed by atoms with E-state index in [0.29, 0.717) is 52.6 Å². The fraction of sp³-hybridized carbons (Fsp3) is 0.250. The van der Waals surface area contributed by atoms with Crippen molar-refractivity contribution >= 4 is 28.4 Å². The Balaban J connectivity index is 1.91. The van der Waals surface area contributed by atoms with E-state index in [0.717, 1.165) is 5.75 Å². The van der Waals surface area contributed by atoms with Crippen LogP contribution in [0.25, 0.3) is 16.6 Å². The van der Waals surface area contributed by atoms with Crippen LogP contribution in [-0.2, 0) is 0 Å². The summed E-state index contributed by atoms with van der Waals surface area (Å²) in [5.74, 6) is 1.02. The number of hydrogen-bond acceptors (Lipinski definition) is 4. The smallest absolute Gasteiger partial charge is 0.266 e. The summed E-state index contributed by atoms with van der Waals surface area (Å²) in [5.41, 5.74) is 1.49. The van der Waals surface area contributed by atoms with E-state index in [4.69, 9.17) is 21.3 Å². The van der Waals surface area contributed by atoms with E-state index in [1.165, 1.54) is 0 Å². The van der Waals surface area contributed by atoms with Gasteiger partial charge in [0.15, 0.2) is 0 Å². The number of carbonyl (C=O) groups excluding carboxylic acids is 1. The van der Waals surface area contributed by atoms with Crippen molar-refractivity contribution in [2.45, 2.75) is 33.2 Å². The number of aromatic nitrogens is 2. The van der Waals surface area contributed by atoms with Crippen LogP contribution >= 0.6 is 11.6 Å². The number of carbonyl (C=O) groups is 1. The molecule has 0 N–H and O–H groups in total. The molecule has 0 aliphatic heterocycles. The molecule has 1 unspecified atom stereocenters. The van der Waals surface area contributed by atoms with Gasteiger partial charge in [-0.15, -0.1) is 0 Å². The van der Waals surface area contributed by atoms with Gasteiger partial charge in [-0.2, -0.15) is 0 Å². The van der Waals surface area contributed by atoms with Gasteiger partial charge >= 0.3 is 0 Å². The Labute approximate surface area is 209 Å². The van der Waals surface area contributed by atoms with Crippen molar-refractivity contribution in [1.82, 2.24) is 14.5 Å². The van der Waals surface area contributed by atoms with Crippen molar-refractivity contribution in [3.63, 3.8) is 0 Å². The van der Waals surface area contributed by atoms with Gasteiger partial charge in [-0.3, -0.25) is 14.2 Å². The molecular formula is C28H28ClN3O3. The van der Waals surface area contributed by atoms with Gasteiger partial charge in [0.05, 0.1) is 39.8 Å². The van der Waals surface area contributed by atoms with Gasteiger partial charge in [0, 0.05) is 6.54 Å². The zero-order valence-electron chi connectivity index (χ0n) is 20.1. The van der Waals surface area contributed by atoms with Crippen LogP contribution in [0.1, 0.15) is 49.4 Å². The monoisotopic (exact) mass is 489 g/mol. The van der Waals surface area contributed by atoms with Crippen molar-refractivity contribution < 1.29 is 9.53 Å². The topological polar surface area (TPSA) is 64.4 Å². The predicted molar refractivity (Wildman–Crippen MR) is 140 cm³/mol. The third-order valence-electron chi connectivity index (χ3n) is 5.97. The first-order valence-electron chi connectivity index (χ1n) is 11.8. The van der Waals surface area contributed by atoms with Gasteiger partial charge in [0.2, 0.25) is 0 Å². The molecule has 1 heterocycles. The lowest BCUT2D eigenvalue weighted by molar-refractivity contribution is 0.0672. The molecule has 0 bridgehead atoms. The van der Waals surface area contributed by atoms with Gasteiger partial charge in [0.1, 0.15) is 11.6 Å². The summed E-state index contributed by atoms with van der Waals surface area (Å²) in [6.45, 7) is 6.80. The van der Waals surface area contributed by atoms with E-state index in [-0.39, 0.29) is 11.5 Å². The molecule has 0 aliphatic rings. The number of benzene rings is 3. The summed E-state index contributed by atoms with van der Waals surface area (Å²) in [6.07, 6.45) is 0.561. The Bertz CT molecular complexity index is 1400. The third-order valence-corrected chi connectivity index (χ3v) is 6.30. The maximum absolute atomic E-state index is 13.8. The van der Waals surface area contributed by atoms with Crippen LogP contribution in [0, 0.1) is 0 Å². The Morgan fingerprint density at radius 1 is 1.00 bits per heavy atom. The zero-order valence-corrected chi connectivity index (χ0v) is 20.8. The van der Waals surface area contributed by atoms with Gasteiger partial charge in [-0.1, -0.05) is 42.8 Å². The van der Waals surface area contributed by atoms with Crippen LogP contribution in [0.4, 0.5) is 0 Å². The molecule has 4 rings (SSSR count). The zero-order chi connectivity index (χ0) is 24.9. The number of ether oxygens (including phenoxy) is 1. The van der Waals surface area contributed by atoms with Crippen molar-refractivity contribution in [2.75, 3.05) is 13.2 Å². The first-order chi connectivity index (χ1) is 17.0. The van der Waals surface area contributed by atoms with Crippen LogP contribution in [0.5, 0.6) is 5.75 Å². The van der Waals surface area contributed by atoms with E-state index >= 15 is 0 Å².